The van der Waals surface area contributed by atoms with Gasteiger partial charge in [-0.25, -0.2) is 4.98 Å². The second-order valence-electron chi connectivity index (χ2n) is 5.47. The molecular weight excluding hydrogens is 254 g/mol. The number of aryl methyl sites for hydroxylation is 1. The van der Waals surface area contributed by atoms with Gasteiger partial charge in [0.1, 0.15) is 0 Å². The Kier molecular flexibility index (Phi) is 3.35. The number of nitrogen functional groups attached to an aromatic ring is 1. The Morgan fingerprint density at radius 3 is 3.11 bits per heavy atom. The van der Waals surface area contributed by atoms with Gasteiger partial charge in [0.15, 0.2) is 0 Å². The SMILES string of the molecule is CCC1CCCN(c2cc3nc(C)sc3cc2N)C1. The standard InChI is InChI=1S/C15H21N3S/c1-3-11-5-4-6-18(9-11)14-8-13-15(7-12(14)16)19-10(2)17-13/h7-8,11H,3-6,9,16H2,1-2H3. The van der Waals surface area contributed by atoms with Crippen LogP contribution in [0.5, 0.6) is 0 Å². The maximum Gasteiger partial charge on any atom is 0.0907 e. The van der Waals surface area contributed by atoms with Gasteiger partial charge in [-0.3, -0.25) is 0 Å². The second kappa shape index (κ2) is 5.00. The number of rotatable bonds is 2. The van der Waals surface area contributed by atoms with Crippen LogP contribution in [0.3, 0.4) is 0 Å². The van der Waals surface area contributed by atoms with Gasteiger partial charge in [-0.1, -0.05) is 13.3 Å². The summed E-state index contributed by atoms with van der Waals surface area (Å²) in [7, 11) is 0. The van der Waals surface area contributed by atoms with E-state index in [9.17, 15) is 0 Å². The third-order valence-corrected chi connectivity index (χ3v) is 5.01. The van der Waals surface area contributed by atoms with Crippen LogP contribution in [0.25, 0.3) is 10.2 Å². The largest absolute Gasteiger partial charge is 0.397 e. The lowest BCUT2D eigenvalue weighted by atomic mass is 9.95. The highest BCUT2D eigenvalue weighted by molar-refractivity contribution is 7.18. The average molecular weight is 275 g/mol. The van der Waals surface area contributed by atoms with Crippen molar-refractivity contribution in [1.29, 1.82) is 0 Å². The zero-order chi connectivity index (χ0) is 13.4. The first-order valence-electron chi connectivity index (χ1n) is 7.09. The molecule has 2 heterocycles. The lowest BCUT2D eigenvalue weighted by Crippen LogP contribution is -2.35. The van der Waals surface area contributed by atoms with E-state index in [-0.39, 0.29) is 0 Å². The summed E-state index contributed by atoms with van der Waals surface area (Å²) < 4.78 is 1.20. The Hall–Kier alpha value is -1.29. The molecule has 0 amide bonds. The third kappa shape index (κ3) is 2.41. The van der Waals surface area contributed by atoms with Crippen LogP contribution in [0.2, 0.25) is 0 Å². The van der Waals surface area contributed by atoms with E-state index in [1.54, 1.807) is 11.3 Å². The smallest absolute Gasteiger partial charge is 0.0907 e. The molecule has 0 radical (unpaired) electrons. The Morgan fingerprint density at radius 1 is 1.47 bits per heavy atom. The molecule has 4 heteroatoms. The van der Waals surface area contributed by atoms with Gasteiger partial charge < -0.3 is 10.6 Å². The fraction of sp³-hybridized carbons (Fsp3) is 0.533. The van der Waals surface area contributed by atoms with Crippen LogP contribution in [0.15, 0.2) is 12.1 Å². The summed E-state index contributed by atoms with van der Waals surface area (Å²) in [6.07, 6.45) is 3.88. The van der Waals surface area contributed by atoms with Crippen LogP contribution in [-0.4, -0.2) is 18.1 Å². The van der Waals surface area contributed by atoms with Gasteiger partial charge in [-0.05, 0) is 37.8 Å². The first kappa shape index (κ1) is 12.7. The normalized spacial score (nSPS) is 20.1. The van der Waals surface area contributed by atoms with Crippen molar-refractivity contribution in [3.05, 3.63) is 17.1 Å². The summed E-state index contributed by atoms with van der Waals surface area (Å²) in [5, 5.41) is 1.11. The first-order valence-corrected chi connectivity index (χ1v) is 7.90. The number of anilines is 2. The summed E-state index contributed by atoms with van der Waals surface area (Å²) in [5.74, 6) is 0.806. The van der Waals surface area contributed by atoms with Crippen molar-refractivity contribution in [2.75, 3.05) is 23.7 Å². The Balaban J connectivity index is 1.96. The van der Waals surface area contributed by atoms with E-state index in [0.717, 1.165) is 35.2 Å². The number of thiazole rings is 1. The maximum absolute atomic E-state index is 6.25. The van der Waals surface area contributed by atoms with Crippen molar-refractivity contribution < 1.29 is 0 Å². The highest BCUT2D eigenvalue weighted by Crippen LogP contribution is 2.34. The molecular formula is C15H21N3S. The van der Waals surface area contributed by atoms with Crippen LogP contribution in [0.1, 0.15) is 31.2 Å². The summed E-state index contributed by atoms with van der Waals surface area (Å²) >= 11 is 1.72. The van der Waals surface area contributed by atoms with E-state index in [1.807, 2.05) is 0 Å². The van der Waals surface area contributed by atoms with Gasteiger partial charge in [0, 0.05) is 13.1 Å². The molecule has 1 aromatic carbocycles. The minimum atomic E-state index is 0.806. The minimum Gasteiger partial charge on any atom is -0.397 e. The molecule has 1 fully saturated rings. The highest BCUT2D eigenvalue weighted by Gasteiger charge is 2.20. The fourth-order valence-corrected chi connectivity index (χ4v) is 3.84. The van der Waals surface area contributed by atoms with Crippen LogP contribution in [0, 0.1) is 12.8 Å². The maximum atomic E-state index is 6.25. The van der Waals surface area contributed by atoms with E-state index in [4.69, 9.17) is 5.73 Å². The zero-order valence-corrected chi connectivity index (χ0v) is 12.5. The molecule has 3 rings (SSSR count). The molecule has 2 aromatic rings. The molecule has 3 nitrogen and oxygen atoms in total. The number of benzene rings is 1. The molecule has 1 saturated heterocycles. The number of hydrogen-bond acceptors (Lipinski definition) is 4. The Labute approximate surface area is 118 Å². The van der Waals surface area contributed by atoms with Crippen molar-refractivity contribution >= 4 is 32.9 Å². The van der Waals surface area contributed by atoms with E-state index in [0.29, 0.717) is 0 Å². The monoisotopic (exact) mass is 275 g/mol. The molecule has 19 heavy (non-hydrogen) atoms. The Bertz CT molecular complexity index is 590. The lowest BCUT2D eigenvalue weighted by Gasteiger charge is -2.34. The van der Waals surface area contributed by atoms with Crippen LogP contribution in [-0.2, 0) is 0 Å². The quantitative estimate of drug-likeness (QED) is 0.847. The summed E-state index contributed by atoms with van der Waals surface area (Å²) in [6.45, 7) is 6.59. The summed E-state index contributed by atoms with van der Waals surface area (Å²) in [5.41, 5.74) is 9.41. The molecule has 0 aliphatic carbocycles. The fourth-order valence-electron chi connectivity index (χ4n) is 2.98. The number of nitrogens with two attached hydrogens (primary N) is 1. The zero-order valence-electron chi connectivity index (χ0n) is 11.6. The molecule has 0 saturated carbocycles. The lowest BCUT2D eigenvalue weighted by molar-refractivity contribution is 0.405. The predicted octanol–water partition coefficient (Wildman–Crippen LogP) is 3.81. The molecule has 0 spiro atoms. The highest BCUT2D eigenvalue weighted by atomic mass is 32.1. The number of nitrogens with zero attached hydrogens (tertiary/aromatic N) is 2. The third-order valence-electron chi connectivity index (χ3n) is 4.08. The molecule has 1 aromatic heterocycles. The number of fused-ring (bicyclic) bond motifs is 1. The molecule has 1 unspecified atom stereocenters. The van der Waals surface area contributed by atoms with Crippen molar-refractivity contribution in [3.63, 3.8) is 0 Å². The van der Waals surface area contributed by atoms with Gasteiger partial charge in [0.25, 0.3) is 0 Å². The predicted molar refractivity (Wildman–Crippen MR) is 84.0 cm³/mol. The van der Waals surface area contributed by atoms with Gasteiger partial charge in [-0.15, -0.1) is 11.3 Å². The molecule has 102 valence electrons. The number of aromatic nitrogens is 1. The number of hydrogen-bond donors (Lipinski definition) is 1. The topological polar surface area (TPSA) is 42.2 Å². The summed E-state index contributed by atoms with van der Waals surface area (Å²) in [4.78, 5) is 7.03. The Morgan fingerprint density at radius 2 is 2.32 bits per heavy atom. The van der Waals surface area contributed by atoms with Crippen molar-refractivity contribution in [3.8, 4) is 0 Å². The average Bonchev–Trinajstić information content (AvgIpc) is 2.77. The van der Waals surface area contributed by atoms with Gasteiger partial charge >= 0.3 is 0 Å². The molecule has 1 atom stereocenters. The van der Waals surface area contributed by atoms with Crippen LogP contribution < -0.4 is 10.6 Å². The van der Waals surface area contributed by atoms with E-state index < -0.39 is 0 Å². The summed E-state index contributed by atoms with van der Waals surface area (Å²) in [6, 6.07) is 4.26. The van der Waals surface area contributed by atoms with Gasteiger partial charge in [0.2, 0.25) is 0 Å². The van der Waals surface area contributed by atoms with Gasteiger partial charge in [0.05, 0.1) is 26.6 Å². The molecule has 0 bridgehead atoms. The van der Waals surface area contributed by atoms with E-state index in [2.05, 4.69) is 35.9 Å². The molecule has 2 N–H and O–H groups in total. The van der Waals surface area contributed by atoms with Crippen molar-refractivity contribution in [1.82, 2.24) is 4.98 Å². The molecule has 1 aliphatic rings. The number of piperidine rings is 1. The van der Waals surface area contributed by atoms with Crippen molar-refractivity contribution in [2.24, 2.45) is 5.92 Å². The minimum absolute atomic E-state index is 0.806. The molecule has 1 aliphatic heterocycles. The van der Waals surface area contributed by atoms with Gasteiger partial charge in [-0.2, -0.15) is 0 Å². The van der Waals surface area contributed by atoms with E-state index >= 15 is 0 Å². The van der Waals surface area contributed by atoms with Crippen LogP contribution >= 0.6 is 11.3 Å². The van der Waals surface area contributed by atoms with Crippen LogP contribution in [0.4, 0.5) is 11.4 Å². The van der Waals surface area contributed by atoms with Crippen molar-refractivity contribution in [2.45, 2.75) is 33.1 Å². The van der Waals surface area contributed by atoms with E-state index in [1.165, 1.54) is 29.6 Å². The first-order chi connectivity index (χ1) is 9.17. The second-order valence-corrected chi connectivity index (χ2v) is 6.71.